The van der Waals surface area contributed by atoms with Crippen LogP contribution >= 0.6 is 11.6 Å². The van der Waals surface area contributed by atoms with Gasteiger partial charge in [0.25, 0.3) is 5.91 Å². The van der Waals surface area contributed by atoms with Crippen LogP contribution in [0.15, 0.2) is 72.8 Å². The van der Waals surface area contributed by atoms with Gasteiger partial charge in [-0.3, -0.25) is 9.59 Å². The first-order valence-electron chi connectivity index (χ1n) is 9.87. The maximum absolute atomic E-state index is 12.3. The minimum absolute atomic E-state index is 0.250. The summed E-state index contributed by atoms with van der Waals surface area (Å²) in [7, 11) is 0. The maximum Gasteiger partial charge on any atom is 0.311 e. The number of carbonyl (C=O) groups excluding carboxylic acids is 2. The Bertz CT molecular complexity index is 994. The second kappa shape index (κ2) is 10.1. The van der Waals surface area contributed by atoms with E-state index in [1.165, 1.54) is 5.56 Å². The van der Waals surface area contributed by atoms with E-state index in [9.17, 15) is 9.59 Å². The van der Waals surface area contributed by atoms with Crippen LogP contribution in [0.1, 0.15) is 47.7 Å². The highest BCUT2D eigenvalue weighted by Gasteiger charge is 2.09. The molecule has 0 atom stereocenters. The average molecular weight is 422 g/mol. The van der Waals surface area contributed by atoms with E-state index in [0.29, 0.717) is 40.8 Å². The third-order valence-electron chi connectivity index (χ3n) is 4.71. The standard InChI is InChI=1S/C25H24ClNO3/c1-17(2)19-6-3-18(4-7-19)5-16-24(28)30-23-14-8-20(9-15-23)25(29)27-22-12-10-21(26)11-13-22/h3-4,6-15,17H,5,16H2,1-2H3,(H,27,29). The molecule has 3 aromatic rings. The van der Waals surface area contributed by atoms with Gasteiger partial charge in [-0.1, -0.05) is 49.7 Å². The quantitative estimate of drug-likeness (QED) is 0.362. The zero-order valence-electron chi connectivity index (χ0n) is 17.0. The van der Waals surface area contributed by atoms with Crippen LogP contribution in [-0.4, -0.2) is 11.9 Å². The summed E-state index contributed by atoms with van der Waals surface area (Å²) in [5.74, 6) is 0.347. The smallest absolute Gasteiger partial charge is 0.311 e. The highest BCUT2D eigenvalue weighted by molar-refractivity contribution is 6.30. The first kappa shape index (κ1) is 21.6. The molecule has 0 fully saturated rings. The molecule has 0 aromatic heterocycles. The van der Waals surface area contributed by atoms with Gasteiger partial charge in [0.1, 0.15) is 5.75 Å². The predicted molar refractivity (Wildman–Crippen MR) is 120 cm³/mol. The van der Waals surface area contributed by atoms with Gasteiger partial charge in [0, 0.05) is 22.7 Å². The largest absolute Gasteiger partial charge is 0.427 e. The van der Waals surface area contributed by atoms with Crippen LogP contribution in [0.25, 0.3) is 0 Å². The lowest BCUT2D eigenvalue weighted by Gasteiger charge is -2.08. The molecule has 0 spiro atoms. The van der Waals surface area contributed by atoms with Crippen molar-refractivity contribution in [2.45, 2.75) is 32.6 Å². The Hall–Kier alpha value is -3.11. The fraction of sp³-hybridized carbons (Fsp3) is 0.200. The molecule has 3 aromatic carbocycles. The number of benzene rings is 3. The normalized spacial score (nSPS) is 10.7. The molecule has 3 rings (SSSR count). The molecule has 0 bridgehead atoms. The van der Waals surface area contributed by atoms with Crippen molar-refractivity contribution < 1.29 is 14.3 Å². The number of aryl methyl sites for hydroxylation is 1. The molecule has 0 aliphatic rings. The summed E-state index contributed by atoms with van der Waals surface area (Å²) in [5, 5.41) is 3.39. The number of hydrogen-bond acceptors (Lipinski definition) is 3. The topological polar surface area (TPSA) is 55.4 Å². The zero-order valence-corrected chi connectivity index (χ0v) is 17.8. The van der Waals surface area contributed by atoms with E-state index in [1.54, 1.807) is 48.5 Å². The molecule has 1 amide bonds. The van der Waals surface area contributed by atoms with Crippen LogP contribution in [-0.2, 0) is 11.2 Å². The van der Waals surface area contributed by atoms with Crippen molar-refractivity contribution in [2.24, 2.45) is 0 Å². The molecule has 0 radical (unpaired) electrons. The minimum Gasteiger partial charge on any atom is -0.427 e. The van der Waals surface area contributed by atoms with E-state index in [0.717, 1.165) is 5.56 Å². The van der Waals surface area contributed by atoms with E-state index in [1.807, 2.05) is 0 Å². The molecule has 154 valence electrons. The summed E-state index contributed by atoms with van der Waals surface area (Å²) in [4.78, 5) is 24.4. The Kier molecular flexibility index (Phi) is 7.26. The van der Waals surface area contributed by atoms with Gasteiger partial charge < -0.3 is 10.1 Å². The van der Waals surface area contributed by atoms with Gasteiger partial charge in [-0.15, -0.1) is 0 Å². The van der Waals surface area contributed by atoms with Crippen molar-refractivity contribution in [3.8, 4) is 5.75 Å². The van der Waals surface area contributed by atoms with Gasteiger partial charge in [-0.05, 0) is 72.0 Å². The van der Waals surface area contributed by atoms with Gasteiger partial charge in [0.2, 0.25) is 0 Å². The molecular weight excluding hydrogens is 398 g/mol. The number of ether oxygens (including phenoxy) is 1. The number of rotatable bonds is 7. The first-order valence-corrected chi connectivity index (χ1v) is 10.2. The second-order valence-electron chi connectivity index (χ2n) is 7.36. The molecule has 0 aliphatic carbocycles. The Balaban J connectivity index is 1.50. The van der Waals surface area contributed by atoms with Gasteiger partial charge in [-0.2, -0.15) is 0 Å². The lowest BCUT2D eigenvalue weighted by molar-refractivity contribution is -0.134. The molecule has 1 N–H and O–H groups in total. The Morgan fingerprint density at radius 2 is 1.53 bits per heavy atom. The summed E-state index contributed by atoms with van der Waals surface area (Å²) >= 11 is 5.84. The third kappa shape index (κ3) is 6.19. The lowest BCUT2D eigenvalue weighted by atomic mass is 10.0. The number of amides is 1. The van der Waals surface area contributed by atoms with Crippen LogP contribution in [0, 0.1) is 0 Å². The number of esters is 1. The molecule has 0 heterocycles. The Morgan fingerprint density at radius 1 is 0.900 bits per heavy atom. The minimum atomic E-state index is -0.304. The average Bonchev–Trinajstić information content (AvgIpc) is 2.74. The number of carbonyl (C=O) groups is 2. The molecule has 30 heavy (non-hydrogen) atoms. The maximum atomic E-state index is 12.3. The van der Waals surface area contributed by atoms with Gasteiger partial charge in [-0.25, -0.2) is 0 Å². The SMILES string of the molecule is CC(C)c1ccc(CCC(=O)Oc2ccc(C(=O)Nc3ccc(Cl)cc3)cc2)cc1. The van der Waals surface area contributed by atoms with Crippen LogP contribution in [0.2, 0.25) is 5.02 Å². The summed E-state index contributed by atoms with van der Waals surface area (Å²) in [6.45, 7) is 4.30. The van der Waals surface area contributed by atoms with Crippen LogP contribution in [0.5, 0.6) is 5.75 Å². The Morgan fingerprint density at radius 3 is 2.13 bits per heavy atom. The molecule has 0 saturated heterocycles. The summed E-state index contributed by atoms with van der Waals surface area (Å²) < 4.78 is 5.38. The molecule has 5 heteroatoms. The molecular formula is C25H24ClNO3. The van der Waals surface area contributed by atoms with Crippen LogP contribution < -0.4 is 10.1 Å². The third-order valence-corrected chi connectivity index (χ3v) is 4.97. The van der Waals surface area contributed by atoms with Crippen molar-refractivity contribution in [1.82, 2.24) is 0 Å². The highest BCUT2D eigenvalue weighted by Crippen LogP contribution is 2.18. The van der Waals surface area contributed by atoms with Crippen LogP contribution in [0.3, 0.4) is 0 Å². The van der Waals surface area contributed by atoms with E-state index >= 15 is 0 Å². The molecule has 4 nitrogen and oxygen atoms in total. The van der Waals surface area contributed by atoms with Crippen molar-refractivity contribution >= 4 is 29.2 Å². The molecule has 0 saturated carbocycles. The van der Waals surface area contributed by atoms with E-state index in [4.69, 9.17) is 16.3 Å². The van der Waals surface area contributed by atoms with Crippen molar-refractivity contribution in [1.29, 1.82) is 0 Å². The molecule has 0 unspecified atom stereocenters. The summed E-state index contributed by atoms with van der Waals surface area (Å²) in [6, 6.07) is 21.7. The fourth-order valence-corrected chi connectivity index (χ4v) is 3.03. The Labute approximate surface area is 181 Å². The number of hydrogen-bond donors (Lipinski definition) is 1. The fourth-order valence-electron chi connectivity index (χ4n) is 2.91. The number of anilines is 1. The van der Waals surface area contributed by atoms with Crippen molar-refractivity contribution in [3.05, 3.63) is 94.5 Å². The van der Waals surface area contributed by atoms with Gasteiger partial charge >= 0.3 is 5.97 Å². The predicted octanol–water partition coefficient (Wildman–Crippen LogP) is 6.25. The second-order valence-corrected chi connectivity index (χ2v) is 7.79. The highest BCUT2D eigenvalue weighted by atomic mass is 35.5. The first-order chi connectivity index (χ1) is 14.4. The van der Waals surface area contributed by atoms with Crippen LogP contribution in [0.4, 0.5) is 5.69 Å². The van der Waals surface area contributed by atoms with Crippen molar-refractivity contribution in [2.75, 3.05) is 5.32 Å². The monoisotopic (exact) mass is 421 g/mol. The van der Waals surface area contributed by atoms with E-state index in [-0.39, 0.29) is 11.9 Å². The van der Waals surface area contributed by atoms with Crippen molar-refractivity contribution in [3.63, 3.8) is 0 Å². The number of halogens is 1. The van der Waals surface area contributed by atoms with E-state index < -0.39 is 0 Å². The zero-order chi connectivity index (χ0) is 21.5. The summed E-state index contributed by atoms with van der Waals surface area (Å²) in [5.41, 5.74) is 3.50. The van der Waals surface area contributed by atoms with Gasteiger partial charge in [0.05, 0.1) is 0 Å². The summed E-state index contributed by atoms with van der Waals surface area (Å²) in [6.07, 6.45) is 0.915. The number of nitrogens with one attached hydrogen (secondary N) is 1. The molecule has 0 aliphatic heterocycles. The van der Waals surface area contributed by atoms with E-state index in [2.05, 4.69) is 43.4 Å². The lowest BCUT2D eigenvalue weighted by Crippen LogP contribution is -2.12. The van der Waals surface area contributed by atoms with Gasteiger partial charge in [0.15, 0.2) is 0 Å².